The van der Waals surface area contributed by atoms with Crippen molar-refractivity contribution in [2.75, 3.05) is 44.4 Å². The predicted octanol–water partition coefficient (Wildman–Crippen LogP) is 3.26. The van der Waals surface area contributed by atoms with Crippen LogP contribution < -0.4 is 10.6 Å². The van der Waals surface area contributed by atoms with Crippen LogP contribution in [-0.2, 0) is 19.1 Å². The third-order valence-corrected chi connectivity index (χ3v) is 7.45. The summed E-state index contributed by atoms with van der Waals surface area (Å²) < 4.78 is 10.8. The summed E-state index contributed by atoms with van der Waals surface area (Å²) in [6.07, 6.45) is 0.663. The molecule has 2 aliphatic rings. The first-order valence-electron chi connectivity index (χ1n) is 11.7. The molecular formula is C26H30N2O6S. The number of alkyl carbamates (subject to hydrolysis) is 1. The topological polar surface area (TPSA) is 114 Å². The van der Waals surface area contributed by atoms with Gasteiger partial charge in [-0.3, -0.25) is 9.59 Å². The average molecular weight is 499 g/mol. The molecule has 0 radical (unpaired) electrons. The lowest BCUT2D eigenvalue weighted by Gasteiger charge is -2.32. The number of carboxylic acids is 1. The smallest absolute Gasteiger partial charge is 0.407 e. The van der Waals surface area contributed by atoms with Gasteiger partial charge in [0.1, 0.15) is 12.0 Å². The Morgan fingerprint density at radius 1 is 1.06 bits per heavy atom. The lowest BCUT2D eigenvalue weighted by Crippen LogP contribution is -2.48. The number of rotatable bonds is 10. The summed E-state index contributed by atoms with van der Waals surface area (Å²) in [6.45, 7) is 1.33. The minimum absolute atomic E-state index is 0.00915. The van der Waals surface area contributed by atoms with Crippen molar-refractivity contribution in [3.8, 4) is 11.1 Å². The second-order valence-electron chi connectivity index (χ2n) is 8.82. The molecule has 2 aromatic rings. The van der Waals surface area contributed by atoms with E-state index in [0.29, 0.717) is 31.7 Å². The Bertz CT molecular complexity index is 1020. The van der Waals surface area contributed by atoms with Crippen molar-refractivity contribution in [3.05, 3.63) is 59.7 Å². The summed E-state index contributed by atoms with van der Waals surface area (Å²) in [5.74, 6) is -0.456. The number of carboxylic acid groups (broad SMARTS) is 1. The van der Waals surface area contributed by atoms with Crippen molar-refractivity contribution in [3.63, 3.8) is 0 Å². The van der Waals surface area contributed by atoms with E-state index in [1.54, 1.807) is 0 Å². The van der Waals surface area contributed by atoms with E-state index in [0.717, 1.165) is 11.1 Å². The van der Waals surface area contributed by atoms with Crippen LogP contribution in [0.15, 0.2) is 48.5 Å². The summed E-state index contributed by atoms with van der Waals surface area (Å²) in [7, 11) is 0. The van der Waals surface area contributed by atoms with Gasteiger partial charge in [-0.15, -0.1) is 0 Å². The normalized spacial score (nSPS) is 18.9. The molecule has 0 saturated carbocycles. The molecule has 0 bridgehead atoms. The molecule has 186 valence electrons. The molecule has 1 atom stereocenters. The molecule has 1 unspecified atom stereocenters. The molecular weight excluding hydrogens is 468 g/mol. The monoisotopic (exact) mass is 498 g/mol. The highest BCUT2D eigenvalue weighted by atomic mass is 32.2. The fraction of sp³-hybridized carbons (Fsp3) is 0.423. The maximum atomic E-state index is 12.2. The first kappa shape index (κ1) is 25.1. The van der Waals surface area contributed by atoms with Crippen molar-refractivity contribution in [1.82, 2.24) is 10.6 Å². The second-order valence-corrected chi connectivity index (χ2v) is 9.93. The molecule has 8 nitrogen and oxygen atoms in total. The maximum absolute atomic E-state index is 12.2. The van der Waals surface area contributed by atoms with E-state index in [-0.39, 0.29) is 37.3 Å². The molecule has 35 heavy (non-hydrogen) atoms. The van der Waals surface area contributed by atoms with Crippen LogP contribution in [0.25, 0.3) is 11.1 Å². The number of carbonyl (C=O) groups is 3. The number of amides is 2. The number of benzene rings is 2. The van der Waals surface area contributed by atoms with Gasteiger partial charge in [-0.05, 0) is 35.1 Å². The van der Waals surface area contributed by atoms with Gasteiger partial charge in [-0.25, -0.2) is 4.79 Å². The molecule has 1 aliphatic heterocycles. The second kappa shape index (κ2) is 11.6. The van der Waals surface area contributed by atoms with E-state index in [1.807, 2.05) is 24.3 Å². The van der Waals surface area contributed by atoms with Crippen LogP contribution in [0.5, 0.6) is 0 Å². The summed E-state index contributed by atoms with van der Waals surface area (Å²) in [5, 5.41) is 15.0. The van der Waals surface area contributed by atoms with Gasteiger partial charge >= 0.3 is 12.1 Å². The van der Waals surface area contributed by atoms with Crippen molar-refractivity contribution in [2.45, 2.75) is 18.8 Å². The molecule has 2 aromatic carbocycles. The zero-order chi connectivity index (χ0) is 24.7. The molecule has 0 aromatic heterocycles. The Morgan fingerprint density at radius 2 is 1.74 bits per heavy atom. The highest BCUT2D eigenvalue weighted by Crippen LogP contribution is 2.44. The molecule has 9 heteroatoms. The number of carbonyl (C=O) groups excluding carboxylic acids is 2. The SMILES string of the molecule is O=C(CSCCNC(=O)OCC1c2ccccc2-c2ccccc21)NCC1(C(=O)O)CCCOC1. The quantitative estimate of drug-likeness (QED) is 0.431. The van der Waals surface area contributed by atoms with Gasteiger partial charge < -0.3 is 25.2 Å². The first-order valence-corrected chi connectivity index (χ1v) is 12.9. The van der Waals surface area contributed by atoms with Crippen LogP contribution in [0.3, 0.4) is 0 Å². The highest BCUT2D eigenvalue weighted by Gasteiger charge is 2.40. The van der Waals surface area contributed by atoms with Gasteiger partial charge in [-0.1, -0.05) is 48.5 Å². The third-order valence-electron chi connectivity index (χ3n) is 6.49. The van der Waals surface area contributed by atoms with Gasteiger partial charge in [0.25, 0.3) is 0 Å². The fourth-order valence-electron chi connectivity index (χ4n) is 4.59. The summed E-state index contributed by atoms with van der Waals surface area (Å²) in [4.78, 5) is 36.0. The number of aliphatic carboxylic acids is 1. The molecule has 1 fully saturated rings. The Hall–Kier alpha value is -3.04. The van der Waals surface area contributed by atoms with E-state index < -0.39 is 17.5 Å². The molecule has 0 spiro atoms. The van der Waals surface area contributed by atoms with Crippen LogP contribution in [0.4, 0.5) is 4.79 Å². The van der Waals surface area contributed by atoms with Crippen molar-refractivity contribution >= 4 is 29.7 Å². The Kier molecular flexibility index (Phi) is 8.30. The van der Waals surface area contributed by atoms with Gasteiger partial charge in [0, 0.05) is 31.4 Å². The standard InChI is InChI=1S/C26H30N2O6S/c29-23(28-16-26(24(30)31)10-5-12-33-17-26)15-35-13-11-27-25(32)34-14-22-20-8-3-1-6-18(20)19-7-2-4-9-21(19)22/h1-4,6-9,22H,5,10-17H2,(H,27,32)(H,28,29)(H,30,31). The summed E-state index contributed by atoms with van der Waals surface area (Å²) >= 11 is 1.36. The van der Waals surface area contributed by atoms with Gasteiger partial charge in [0.05, 0.1) is 12.4 Å². The fourth-order valence-corrected chi connectivity index (χ4v) is 5.27. The number of fused-ring (bicyclic) bond motifs is 3. The van der Waals surface area contributed by atoms with Crippen LogP contribution >= 0.6 is 11.8 Å². The third kappa shape index (κ3) is 5.97. The summed E-state index contributed by atoms with van der Waals surface area (Å²) in [6, 6.07) is 16.3. The molecule has 2 amide bonds. The highest BCUT2D eigenvalue weighted by molar-refractivity contribution is 7.99. The van der Waals surface area contributed by atoms with Crippen LogP contribution in [0.2, 0.25) is 0 Å². The molecule has 3 N–H and O–H groups in total. The zero-order valence-electron chi connectivity index (χ0n) is 19.5. The van der Waals surface area contributed by atoms with Crippen LogP contribution in [0.1, 0.15) is 29.9 Å². The summed E-state index contributed by atoms with van der Waals surface area (Å²) in [5.41, 5.74) is 3.62. The number of ether oxygens (including phenoxy) is 2. The molecule has 1 saturated heterocycles. The number of nitrogens with one attached hydrogen (secondary N) is 2. The van der Waals surface area contributed by atoms with Gasteiger partial charge in [0.15, 0.2) is 0 Å². The zero-order valence-corrected chi connectivity index (χ0v) is 20.3. The first-order chi connectivity index (χ1) is 17.0. The Balaban J connectivity index is 1.14. The Labute approximate surface area is 208 Å². The minimum atomic E-state index is -1.05. The van der Waals surface area contributed by atoms with E-state index in [2.05, 4.69) is 34.9 Å². The van der Waals surface area contributed by atoms with E-state index in [9.17, 15) is 19.5 Å². The molecule has 4 rings (SSSR count). The van der Waals surface area contributed by atoms with E-state index in [4.69, 9.17) is 9.47 Å². The molecule has 1 heterocycles. The van der Waals surface area contributed by atoms with Crippen molar-refractivity contribution in [1.29, 1.82) is 0 Å². The lowest BCUT2D eigenvalue weighted by atomic mass is 9.82. The van der Waals surface area contributed by atoms with Gasteiger partial charge in [0.2, 0.25) is 5.91 Å². The maximum Gasteiger partial charge on any atom is 0.407 e. The van der Waals surface area contributed by atoms with Crippen molar-refractivity contribution in [2.24, 2.45) is 5.41 Å². The average Bonchev–Trinajstić information content (AvgIpc) is 3.20. The lowest BCUT2D eigenvalue weighted by molar-refractivity contribution is -0.157. The van der Waals surface area contributed by atoms with Crippen LogP contribution in [0, 0.1) is 5.41 Å². The largest absolute Gasteiger partial charge is 0.481 e. The number of hydrogen-bond donors (Lipinski definition) is 3. The Morgan fingerprint density at radius 3 is 2.37 bits per heavy atom. The van der Waals surface area contributed by atoms with E-state index >= 15 is 0 Å². The van der Waals surface area contributed by atoms with Crippen LogP contribution in [-0.4, -0.2) is 67.5 Å². The molecule has 1 aliphatic carbocycles. The van der Waals surface area contributed by atoms with E-state index in [1.165, 1.54) is 22.9 Å². The number of hydrogen-bond acceptors (Lipinski definition) is 6. The minimum Gasteiger partial charge on any atom is -0.481 e. The predicted molar refractivity (Wildman–Crippen MR) is 134 cm³/mol. The van der Waals surface area contributed by atoms with Gasteiger partial charge in [-0.2, -0.15) is 11.8 Å². The van der Waals surface area contributed by atoms with Crippen molar-refractivity contribution < 1.29 is 29.0 Å². The number of thioether (sulfide) groups is 1.